The van der Waals surface area contributed by atoms with Gasteiger partial charge in [-0.05, 0) is 28.5 Å². The van der Waals surface area contributed by atoms with Crippen molar-refractivity contribution in [2.45, 2.75) is 12.5 Å². The van der Waals surface area contributed by atoms with Crippen LogP contribution in [0.15, 0.2) is 36.4 Å². The maximum atomic E-state index is 11.5. The summed E-state index contributed by atoms with van der Waals surface area (Å²) in [6, 6.07) is 12.2. The average molecular weight is 227 g/mol. The molecule has 2 aromatic rings. The average Bonchev–Trinajstić information content (AvgIpc) is 2.77. The Balaban J connectivity index is 2.02. The van der Waals surface area contributed by atoms with E-state index in [4.69, 9.17) is 4.74 Å². The molecule has 1 aliphatic rings. The lowest BCUT2D eigenvalue weighted by Gasteiger charge is -2.07. The zero-order chi connectivity index (χ0) is 11.8. The number of anilines is 1. The van der Waals surface area contributed by atoms with Crippen molar-refractivity contribution in [1.29, 1.82) is 0 Å². The van der Waals surface area contributed by atoms with Gasteiger partial charge in [0.15, 0.2) is 0 Å². The van der Waals surface area contributed by atoms with Gasteiger partial charge in [-0.25, -0.2) is 4.79 Å². The number of ether oxygens (including phenoxy) is 1. The molecule has 0 fully saturated rings. The molecule has 2 aromatic carbocycles. The highest BCUT2D eigenvalue weighted by atomic mass is 16.5. The van der Waals surface area contributed by atoms with Crippen molar-refractivity contribution in [3.63, 3.8) is 0 Å². The van der Waals surface area contributed by atoms with Crippen molar-refractivity contribution in [3.05, 3.63) is 42.0 Å². The van der Waals surface area contributed by atoms with Gasteiger partial charge in [0.2, 0.25) is 0 Å². The SMILES string of the molecule is COC(=O)C1Cc2cc3ccccc3cc2N1. The Morgan fingerprint density at radius 2 is 2.00 bits per heavy atom. The topological polar surface area (TPSA) is 38.3 Å². The van der Waals surface area contributed by atoms with Crippen LogP contribution in [0.25, 0.3) is 10.8 Å². The molecule has 0 aliphatic carbocycles. The first-order valence-corrected chi connectivity index (χ1v) is 5.64. The summed E-state index contributed by atoms with van der Waals surface area (Å²) in [6.45, 7) is 0. The Bertz CT molecular complexity index is 547. The van der Waals surface area contributed by atoms with Crippen molar-refractivity contribution in [3.8, 4) is 0 Å². The largest absolute Gasteiger partial charge is 0.467 e. The highest BCUT2D eigenvalue weighted by Gasteiger charge is 2.27. The molecule has 3 nitrogen and oxygen atoms in total. The van der Waals surface area contributed by atoms with Gasteiger partial charge in [0.1, 0.15) is 6.04 Å². The Labute approximate surface area is 99.4 Å². The summed E-state index contributed by atoms with van der Waals surface area (Å²) in [6.07, 6.45) is 0.701. The summed E-state index contributed by atoms with van der Waals surface area (Å²) in [5, 5.41) is 5.59. The predicted octanol–water partition coefficient (Wildman–Crippen LogP) is 2.35. The molecule has 0 bridgehead atoms. The highest BCUT2D eigenvalue weighted by Crippen LogP contribution is 2.30. The Kier molecular flexibility index (Phi) is 2.25. The molecule has 0 saturated carbocycles. The van der Waals surface area contributed by atoms with Gasteiger partial charge < -0.3 is 10.1 Å². The lowest BCUT2D eigenvalue weighted by atomic mass is 10.0. The van der Waals surface area contributed by atoms with Crippen molar-refractivity contribution < 1.29 is 9.53 Å². The van der Waals surface area contributed by atoms with E-state index in [0.29, 0.717) is 6.42 Å². The number of methoxy groups -OCH3 is 1. The van der Waals surface area contributed by atoms with Crippen LogP contribution in [0, 0.1) is 0 Å². The quantitative estimate of drug-likeness (QED) is 0.760. The molecule has 1 unspecified atom stereocenters. The molecule has 3 heteroatoms. The van der Waals surface area contributed by atoms with Crippen LogP contribution in [0.2, 0.25) is 0 Å². The van der Waals surface area contributed by atoms with Gasteiger partial charge in [-0.2, -0.15) is 0 Å². The standard InChI is InChI=1S/C14H13NO2/c1-17-14(16)13-8-11-6-9-4-2-3-5-10(9)7-12(11)15-13/h2-7,13,15H,8H2,1H3. The second-order valence-electron chi connectivity index (χ2n) is 4.28. The van der Waals surface area contributed by atoms with Crippen molar-refractivity contribution >= 4 is 22.4 Å². The first kappa shape index (κ1) is 10.1. The number of carbonyl (C=O) groups excluding carboxylic acids is 1. The van der Waals surface area contributed by atoms with Crippen LogP contribution in [-0.2, 0) is 16.0 Å². The van der Waals surface area contributed by atoms with E-state index in [1.807, 2.05) is 12.1 Å². The third kappa shape index (κ3) is 1.64. The van der Waals surface area contributed by atoms with Crippen molar-refractivity contribution in [2.24, 2.45) is 0 Å². The number of hydrogen-bond donors (Lipinski definition) is 1. The number of esters is 1. The van der Waals surface area contributed by atoms with Crippen molar-refractivity contribution in [2.75, 3.05) is 12.4 Å². The van der Waals surface area contributed by atoms with Crippen LogP contribution in [0.1, 0.15) is 5.56 Å². The molecule has 0 spiro atoms. The lowest BCUT2D eigenvalue weighted by Crippen LogP contribution is -2.27. The molecular formula is C14H13NO2. The number of nitrogens with one attached hydrogen (secondary N) is 1. The molecule has 1 heterocycles. The molecule has 0 radical (unpaired) electrons. The van der Waals surface area contributed by atoms with Gasteiger partial charge in [-0.1, -0.05) is 24.3 Å². The first-order chi connectivity index (χ1) is 8.28. The van der Waals surface area contributed by atoms with E-state index >= 15 is 0 Å². The van der Waals surface area contributed by atoms with Gasteiger partial charge in [0.25, 0.3) is 0 Å². The summed E-state index contributed by atoms with van der Waals surface area (Å²) in [7, 11) is 1.42. The summed E-state index contributed by atoms with van der Waals surface area (Å²) < 4.78 is 4.76. The highest BCUT2D eigenvalue weighted by molar-refractivity contribution is 5.91. The fourth-order valence-electron chi connectivity index (χ4n) is 2.33. The summed E-state index contributed by atoms with van der Waals surface area (Å²) in [5.41, 5.74) is 2.22. The van der Waals surface area contributed by atoms with Gasteiger partial charge in [-0.3, -0.25) is 0 Å². The molecule has 0 aromatic heterocycles. The van der Waals surface area contributed by atoms with E-state index < -0.39 is 0 Å². The lowest BCUT2D eigenvalue weighted by molar-refractivity contribution is -0.141. The maximum Gasteiger partial charge on any atom is 0.328 e. The Hall–Kier alpha value is -2.03. The number of benzene rings is 2. The second kappa shape index (κ2) is 3.77. The molecule has 3 rings (SSSR count). The Morgan fingerprint density at radius 1 is 1.29 bits per heavy atom. The van der Waals surface area contributed by atoms with Crippen LogP contribution in [0.4, 0.5) is 5.69 Å². The van der Waals surface area contributed by atoms with Crippen molar-refractivity contribution in [1.82, 2.24) is 0 Å². The van der Waals surface area contributed by atoms with E-state index in [2.05, 4.69) is 29.6 Å². The third-order valence-electron chi connectivity index (χ3n) is 3.21. The molecular weight excluding hydrogens is 214 g/mol. The minimum Gasteiger partial charge on any atom is -0.467 e. The molecule has 1 atom stereocenters. The zero-order valence-corrected chi connectivity index (χ0v) is 9.57. The predicted molar refractivity (Wildman–Crippen MR) is 67.1 cm³/mol. The summed E-state index contributed by atoms with van der Waals surface area (Å²) in [5.74, 6) is -0.203. The molecule has 0 saturated heterocycles. The molecule has 17 heavy (non-hydrogen) atoms. The van der Waals surface area contributed by atoms with Crippen LogP contribution in [0.5, 0.6) is 0 Å². The van der Waals surface area contributed by atoms with Gasteiger partial charge in [-0.15, -0.1) is 0 Å². The van der Waals surface area contributed by atoms with E-state index in [1.165, 1.54) is 23.4 Å². The number of rotatable bonds is 1. The smallest absolute Gasteiger partial charge is 0.328 e. The van der Waals surface area contributed by atoms with E-state index in [-0.39, 0.29) is 12.0 Å². The summed E-state index contributed by atoms with van der Waals surface area (Å²) >= 11 is 0. The van der Waals surface area contributed by atoms with Crippen LogP contribution < -0.4 is 5.32 Å². The van der Waals surface area contributed by atoms with Gasteiger partial charge >= 0.3 is 5.97 Å². The minimum atomic E-state index is -0.244. The molecule has 0 amide bonds. The van der Waals surface area contributed by atoms with Gasteiger partial charge in [0, 0.05) is 12.1 Å². The fraction of sp³-hybridized carbons (Fsp3) is 0.214. The normalized spacial score (nSPS) is 17.6. The van der Waals surface area contributed by atoms with E-state index in [1.54, 1.807) is 0 Å². The first-order valence-electron chi connectivity index (χ1n) is 5.64. The molecule has 1 N–H and O–H groups in total. The zero-order valence-electron chi connectivity index (χ0n) is 9.57. The number of hydrogen-bond acceptors (Lipinski definition) is 3. The molecule has 86 valence electrons. The number of carbonyl (C=O) groups is 1. The Morgan fingerprint density at radius 3 is 2.71 bits per heavy atom. The number of fused-ring (bicyclic) bond motifs is 2. The fourth-order valence-corrected chi connectivity index (χ4v) is 2.33. The van der Waals surface area contributed by atoms with E-state index in [9.17, 15) is 4.79 Å². The third-order valence-corrected chi connectivity index (χ3v) is 3.21. The summed E-state index contributed by atoms with van der Waals surface area (Å²) in [4.78, 5) is 11.5. The minimum absolute atomic E-state index is 0.203. The van der Waals surface area contributed by atoms with Gasteiger partial charge in [0.05, 0.1) is 7.11 Å². The molecule has 1 aliphatic heterocycles. The monoisotopic (exact) mass is 227 g/mol. The van der Waals surface area contributed by atoms with Crippen LogP contribution >= 0.6 is 0 Å². The van der Waals surface area contributed by atoms with Crippen LogP contribution in [-0.4, -0.2) is 19.1 Å². The second-order valence-corrected chi connectivity index (χ2v) is 4.28. The maximum absolute atomic E-state index is 11.5. The van der Waals surface area contributed by atoms with E-state index in [0.717, 1.165) is 5.69 Å². The van der Waals surface area contributed by atoms with Crippen LogP contribution in [0.3, 0.4) is 0 Å².